The van der Waals surface area contributed by atoms with Gasteiger partial charge in [-0.1, -0.05) is 30.3 Å². The first-order valence-electron chi connectivity index (χ1n) is 8.29. The fourth-order valence-electron chi connectivity index (χ4n) is 3.40. The second kappa shape index (κ2) is 5.89. The highest BCUT2D eigenvalue weighted by Crippen LogP contribution is 2.34. The molecule has 0 spiro atoms. The molecular formula is C19H15N3OS2. The number of rotatable bonds is 3. The van der Waals surface area contributed by atoms with Crippen LogP contribution in [-0.4, -0.2) is 14.5 Å². The van der Waals surface area contributed by atoms with Crippen LogP contribution in [0.15, 0.2) is 46.8 Å². The van der Waals surface area contributed by atoms with Crippen molar-refractivity contribution in [3.8, 4) is 10.6 Å². The largest absolute Gasteiger partial charge is 0.293 e. The SMILES string of the molecule is O=c1c2c3c(sc2ncn1Cc1csc(-c2ccccc2)n1)CCC3. The molecule has 1 aliphatic rings. The zero-order valence-corrected chi connectivity index (χ0v) is 15.1. The Labute approximate surface area is 152 Å². The Morgan fingerprint density at radius 2 is 2.04 bits per heavy atom. The minimum atomic E-state index is 0.0682. The van der Waals surface area contributed by atoms with Crippen LogP contribution < -0.4 is 5.56 Å². The van der Waals surface area contributed by atoms with Gasteiger partial charge in [0, 0.05) is 15.8 Å². The van der Waals surface area contributed by atoms with Gasteiger partial charge in [0.1, 0.15) is 9.84 Å². The Hall–Kier alpha value is -2.31. The lowest BCUT2D eigenvalue weighted by atomic mass is 10.2. The lowest BCUT2D eigenvalue weighted by Gasteiger charge is -2.03. The fraction of sp³-hybridized carbons (Fsp3) is 0.211. The van der Waals surface area contributed by atoms with Gasteiger partial charge in [0.15, 0.2) is 0 Å². The van der Waals surface area contributed by atoms with Crippen molar-refractivity contribution in [3.63, 3.8) is 0 Å². The van der Waals surface area contributed by atoms with Crippen LogP contribution in [0.3, 0.4) is 0 Å². The molecule has 0 aliphatic heterocycles. The molecule has 4 nitrogen and oxygen atoms in total. The summed E-state index contributed by atoms with van der Waals surface area (Å²) in [5, 5.41) is 3.84. The van der Waals surface area contributed by atoms with E-state index in [1.165, 1.54) is 10.4 Å². The second-order valence-electron chi connectivity index (χ2n) is 6.23. The highest BCUT2D eigenvalue weighted by molar-refractivity contribution is 7.18. The lowest BCUT2D eigenvalue weighted by Crippen LogP contribution is -2.21. The van der Waals surface area contributed by atoms with E-state index in [1.54, 1.807) is 33.6 Å². The van der Waals surface area contributed by atoms with Crippen LogP contribution in [-0.2, 0) is 19.4 Å². The molecule has 0 unspecified atom stereocenters. The predicted octanol–water partition coefficient (Wildman–Crippen LogP) is 4.12. The van der Waals surface area contributed by atoms with Crippen molar-refractivity contribution in [2.45, 2.75) is 25.8 Å². The van der Waals surface area contributed by atoms with Gasteiger partial charge >= 0.3 is 0 Å². The highest BCUT2D eigenvalue weighted by Gasteiger charge is 2.21. The van der Waals surface area contributed by atoms with E-state index in [4.69, 9.17) is 4.98 Å². The first-order chi connectivity index (χ1) is 12.3. The smallest absolute Gasteiger partial charge is 0.262 e. The molecule has 0 saturated heterocycles. The Kier molecular flexibility index (Phi) is 3.53. The van der Waals surface area contributed by atoms with Crippen LogP contribution in [0.2, 0.25) is 0 Å². The molecule has 0 bridgehead atoms. The molecule has 6 heteroatoms. The number of aryl methyl sites for hydroxylation is 2. The Balaban J connectivity index is 1.52. The predicted molar refractivity (Wildman–Crippen MR) is 103 cm³/mol. The van der Waals surface area contributed by atoms with Gasteiger partial charge in [-0.3, -0.25) is 9.36 Å². The third kappa shape index (κ3) is 2.53. The molecule has 3 aromatic heterocycles. The summed E-state index contributed by atoms with van der Waals surface area (Å²) in [4.78, 5) is 24.4. The Morgan fingerprint density at radius 3 is 2.92 bits per heavy atom. The van der Waals surface area contributed by atoms with Crippen molar-refractivity contribution < 1.29 is 0 Å². The highest BCUT2D eigenvalue weighted by atomic mass is 32.1. The van der Waals surface area contributed by atoms with E-state index in [0.29, 0.717) is 6.54 Å². The van der Waals surface area contributed by atoms with Crippen LogP contribution in [0.1, 0.15) is 22.6 Å². The molecule has 0 fully saturated rings. The maximum absolute atomic E-state index is 12.9. The van der Waals surface area contributed by atoms with E-state index in [1.807, 2.05) is 23.6 Å². The average Bonchev–Trinajstić information content (AvgIpc) is 3.34. The number of thiophene rings is 1. The summed E-state index contributed by atoms with van der Waals surface area (Å²) in [6, 6.07) is 10.1. The van der Waals surface area contributed by atoms with Gasteiger partial charge in [-0.15, -0.1) is 22.7 Å². The van der Waals surface area contributed by atoms with E-state index in [0.717, 1.165) is 45.7 Å². The molecule has 0 saturated carbocycles. The zero-order chi connectivity index (χ0) is 16.8. The molecule has 1 aliphatic carbocycles. The van der Waals surface area contributed by atoms with Crippen LogP contribution in [0.25, 0.3) is 20.8 Å². The number of thiazole rings is 1. The monoisotopic (exact) mass is 365 g/mol. The van der Waals surface area contributed by atoms with Crippen molar-refractivity contribution in [2.75, 3.05) is 0 Å². The van der Waals surface area contributed by atoms with Gasteiger partial charge in [0.05, 0.1) is 24.0 Å². The van der Waals surface area contributed by atoms with Crippen LogP contribution in [0.5, 0.6) is 0 Å². The number of hydrogen-bond donors (Lipinski definition) is 0. The summed E-state index contributed by atoms with van der Waals surface area (Å²) in [5.74, 6) is 0. The molecule has 5 rings (SSSR count). The molecule has 124 valence electrons. The van der Waals surface area contributed by atoms with E-state index < -0.39 is 0 Å². The van der Waals surface area contributed by atoms with Crippen molar-refractivity contribution in [2.24, 2.45) is 0 Å². The fourth-order valence-corrected chi connectivity index (χ4v) is 5.44. The summed E-state index contributed by atoms with van der Waals surface area (Å²) >= 11 is 3.29. The zero-order valence-electron chi connectivity index (χ0n) is 13.4. The summed E-state index contributed by atoms with van der Waals surface area (Å²) < 4.78 is 1.69. The normalized spacial score (nSPS) is 13.4. The average molecular weight is 365 g/mol. The summed E-state index contributed by atoms with van der Waals surface area (Å²) in [6.45, 7) is 0.468. The van der Waals surface area contributed by atoms with E-state index in [2.05, 4.69) is 17.1 Å². The molecular weight excluding hydrogens is 350 g/mol. The summed E-state index contributed by atoms with van der Waals surface area (Å²) in [6.07, 6.45) is 4.91. The van der Waals surface area contributed by atoms with Crippen molar-refractivity contribution in [1.29, 1.82) is 0 Å². The van der Waals surface area contributed by atoms with Crippen LogP contribution in [0.4, 0.5) is 0 Å². The third-order valence-electron chi connectivity index (χ3n) is 4.60. The number of aromatic nitrogens is 3. The van der Waals surface area contributed by atoms with Crippen molar-refractivity contribution in [3.05, 3.63) is 68.5 Å². The molecule has 4 aromatic rings. The minimum absolute atomic E-state index is 0.0682. The van der Waals surface area contributed by atoms with Gasteiger partial charge in [0.25, 0.3) is 5.56 Å². The van der Waals surface area contributed by atoms with E-state index in [-0.39, 0.29) is 5.56 Å². The number of benzene rings is 1. The summed E-state index contributed by atoms with van der Waals surface area (Å²) in [5.41, 5.74) is 3.31. The standard InChI is InChI=1S/C19H15N3OS2/c23-19-16-14-7-4-8-15(14)25-18(16)20-11-22(19)9-13-10-24-17(21-13)12-5-2-1-3-6-12/h1-3,5-6,10-11H,4,7-9H2. The summed E-state index contributed by atoms with van der Waals surface area (Å²) in [7, 11) is 0. The Bertz CT molecular complexity index is 1120. The molecule has 0 atom stereocenters. The molecule has 0 amide bonds. The van der Waals surface area contributed by atoms with E-state index in [9.17, 15) is 4.79 Å². The van der Waals surface area contributed by atoms with Gasteiger partial charge < -0.3 is 0 Å². The second-order valence-corrected chi connectivity index (χ2v) is 8.17. The quantitative estimate of drug-likeness (QED) is 0.549. The third-order valence-corrected chi connectivity index (χ3v) is 6.74. The van der Waals surface area contributed by atoms with Crippen molar-refractivity contribution in [1.82, 2.24) is 14.5 Å². The molecule has 3 heterocycles. The number of hydrogen-bond acceptors (Lipinski definition) is 5. The molecule has 1 aromatic carbocycles. The molecule has 0 N–H and O–H groups in total. The maximum Gasteiger partial charge on any atom is 0.262 e. The van der Waals surface area contributed by atoms with Crippen LogP contribution >= 0.6 is 22.7 Å². The van der Waals surface area contributed by atoms with Crippen LogP contribution in [0, 0.1) is 0 Å². The van der Waals surface area contributed by atoms with Gasteiger partial charge in [0.2, 0.25) is 0 Å². The van der Waals surface area contributed by atoms with Gasteiger partial charge in [-0.2, -0.15) is 0 Å². The van der Waals surface area contributed by atoms with Gasteiger partial charge in [-0.05, 0) is 24.8 Å². The van der Waals surface area contributed by atoms with E-state index >= 15 is 0 Å². The Morgan fingerprint density at radius 1 is 1.16 bits per heavy atom. The number of nitrogens with zero attached hydrogens (tertiary/aromatic N) is 3. The molecule has 0 radical (unpaired) electrons. The first-order valence-corrected chi connectivity index (χ1v) is 9.99. The topological polar surface area (TPSA) is 47.8 Å². The van der Waals surface area contributed by atoms with Gasteiger partial charge in [-0.25, -0.2) is 9.97 Å². The lowest BCUT2D eigenvalue weighted by molar-refractivity contribution is 0.734. The molecule has 25 heavy (non-hydrogen) atoms. The number of fused-ring (bicyclic) bond motifs is 3. The maximum atomic E-state index is 12.9. The van der Waals surface area contributed by atoms with Crippen molar-refractivity contribution >= 4 is 32.9 Å². The first kappa shape index (κ1) is 15.0. The minimum Gasteiger partial charge on any atom is -0.293 e.